The molecule has 0 saturated carbocycles. The van der Waals surface area contributed by atoms with Gasteiger partial charge >= 0.3 is 5.97 Å². The largest absolute Gasteiger partial charge is 0.868 e. The molecule has 2 aromatic rings. The number of esters is 1. The zero-order valence-corrected chi connectivity index (χ0v) is 19.2. The van der Waals surface area contributed by atoms with Crippen molar-refractivity contribution in [3.05, 3.63) is 69.1 Å². The SMILES string of the molecule is COC(=O)c1ccc(C2C(C(=O)c3cccs3)=C([O-])C(=O)N2CCC[NH+]2CCOCC2)cc1. The van der Waals surface area contributed by atoms with E-state index in [4.69, 9.17) is 9.47 Å². The zero-order chi connectivity index (χ0) is 23.4. The van der Waals surface area contributed by atoms with Gasteiger partial charge in [-0.2, -0.15) is 0 Å². The zero-order valence-electron chi connectivity index (χ0n) is 18.4. The second kappa shape index (κ2) is 10.3. The first-order chi connectivity index (χ1) is 16.0. The molecule has 2 aliphatic rings. The van der Waals surface area contributed by atoms with Crippen molar-refractivity contribution in [1.29, 1.82) is 0 Å². The molecule has 1 fully saturated rings. The number of ether oxygens (including phenoxy) is 2. The summed E-state index contributed by atoms with van der Waals surface area (Å²) in [4.78, 5) is 41.3. The Labute approximate surface area is 196 Å². The van der Waals surface area contributed by atoms with Gasteiger partial charge in [-0.25, -0.2) is 4.79 Å². The van der Waals surface area contributed by atoms with Gasteiger partial charge in [-0.3, -0.25) is 9.59 Å². The average molecular weight is 471 g/mol. The van der Waals surface area contributed by atoms with Crippen LogP contribution >= 0.6 is 11.3 Å². The smallest absolute Gasteiger partial charge is 0.337 e. The molecule has 33 heavy (non-hydrogen) atoms. The molecule has 1 aromatic heterocycles. The minimum absolute atomic E-state index is 0.0352. The molecular formula is C24H26N2O6S. The Morgan fingerprint density at radius 1 is 1.21 bits per heavy atom. The first kappa shape index (κ1) is 23.2. The quantitative estimate of drug-likeness (QED) is 0.438. The van der Waals surface area contributed by atoms with E-state index >= 15 is 0 Å². The number of thiophene rings is 1. The number of Topliss-reactive ketones (excluding diaryl/α,β-unsaturated/α-hetero) is 1. The Balaban J connectivity index is 1.61. The van der Waals surface area contributed by atoms with E-state index in [1.54, 1.807) is 41.8 Å². The van der Waals surface area contributed by atoms with Crippen molar-refractivity contribution in [3.63, 3.8) is 0 Å². The lowest BCUT2D eigenvalue weighted by Crippen LogP contribution is -3.14. The number of morpholine rings is 1. The van der Waals surface area contributed by atoms with E-state index in [1.165, 1.54) is 28.2 Å². The summed E-state index contributed by atoms with van der Waals surface area (Å²) < 4.78 is 10.1. The molecule has 0 aliphatic carbocycles. The molecule has 1 atom stereocenters. The van der Waals surface area contributed by atoms with Crippen molar-refractivity contribution in [2.75, 3.05) is 46.5 Å². The van der Waals surface area contributed by atoms with Gasteiger partial charge in [0.15, 0.2) is 0 Å². The number of carbonyl (C=O) groups is 3. The summed E-state index contributed by atoms with van der Waals surface area (Å²) in [7, 11) is 1.30. The van der Waals surface area contributed by atoms with Gasteiger partial charge in [0.25, 0.3) is 0 Å². The Morgan fingerprint density at radius 3 is 2.58 bits per heavy atom. The highest BCUT2D eigenvalue weighted by atomic mass is 32.1. The summed E-state index contributed by atoms with van der Waals surface area (Å²) in [5.74, 6) is -2.32. The van der Waals surface area contributed by atoms with Crippen molar-refractivity contribution in [2.45, 2.75) is 12.5 Å². The average Bonchev–Trinajstić information content (AvgIpc) is 3.47. The van der Waals surface area contributed by atoms with E-state index in [2.05, 4.69) is 0 Å². The van der Waals surface area contributed by atoms with Gasteiger partial charge in [0.05, 0.1) is 43.4 Å². The second-order valence-electron chi connectivity index (χ2n) is 8.03. The van der Waals surface area contributed by atoms with E-state index < -0.39 is 29.5 Å². The fourth-order valence-electron chi connectivity index (χ4n) is 4.32. The molecule has 1 saturated heterocycles. The minimum atomic E-state index is -0.786. The standard InChI is InChI=1S/C24H26N2O6S/c1-31-24(30)17-7-5-16(6-8-17)20-19(21(27)18-4-2-15-33-18)22(28)23(29)26(20)10-3-9-25-11-13-32-14-12-25/h2,4-8,15,20,28H,3,9-14H2,1H3. The number of nitrogens with one attached hydrogen (secondary N) is 1. The number of nitrogens with zero attached hydrogens (tertiary/aromatic N) is 1. The Bertz CT molecular complexity index is 1040. The first-order valence-electron chi connectivity index (χ1n) is 10.9. The molecule has 0 spiro atoms. The van der Waals surface area contributed by atoms with E-state index in [0.29, 0.717) is 29.0 Å². The molecule has 4 rings (SSSR count). The van der Waals surface area contributed by atoms with Crippen LogP contribution in [0, 0.1) is 0 Å². The molecule has 1 aromatic carbocycles. The van der Waals surface area contributed by atoms with Crippen molar-refractivity contribution in [2.24, 2.45) is 0 Å². The number of ketones is 1. The molecule has 174 valence electrons. The monoisotopic (exact) mass is 470 g/mol. The highest BCUT2D eigenvalue weighted by molar-refractivity contribution is 7.12. The number of methoxy groups -OCH3 is 1. The summed E-state index contributed by atoms with van der Waals surface area (Å²) in [6.45, 7) is 4.49. The fraction of sp³-hybridized carbons (Fsp3) is 0.375. The molecule has 9 heteroatoms. The summed E-state index contributed by atoms with van der Waals surface area (Å²) >= 11 is 1.24. The summed E-state index contributed by atoms with van der Waals surface area (Å²) in [6.07, 6.45) is 0.700. The highest BCUT2D eigenvalue weighted by Crippen LogP contribution is 2.38. The molecule has 3 heterocycles. The van der Waals surface area contributed by atoms with Crippen molar-refractivity contribution in [3.8, 4) is 0 Å². The Hall–Kier alpha value is -3.01. The lowest BCUT2D eigenvalue weighted by molar-refractivity contribution is -0.908. The van der Waals surface area contributed by atoms with Crippen LogP contribution in [0.3, 0.4) is 0 Å². The van der Waals surface area contributed by atoms with Crippen LogP contribution in [0.25, 0.3) is 0 Å². The minimum Gasteiger partial charge on any atom is -0.868 e. The third kappa shape index (κ3) is 4.85. The van der Waals surface area contributed by atoms with Gasteiger partial charge in [0.1, 0.15) is 13.1 Å². The van der Waals surface area contributed by atoms with Crippen molar-refractivity contribution < 1.29 is 33.9 Å². The summed E-state index contributed by atoms with van der Waals surface area (Å²) in [5, 5.41) is 14.7. The Morgan fingerprint density at radius 2 is 1.94 bits per heavy atom. The molecule has 1 amide bonds. The maximum atomic E-state index is 13.2. The van der Waals surface area contributed by atoms with E-state index in [0.717, 1.165) is 32.8 Å². The molecular weight excluding hydrogens is 444 g/mol. The van der Waals surface area contributed by atoms with Gasteiger partial charge < -0.3 is 24.4 Å². The highest BCUT2D eigenvalue weighted by Gasteiger charge is 2.39. The van der Waals surface area contributed by atoms with Gasteiger partial charge in [-0.05, 0) is 34.9 Å². The maximum absolute atomic E-state index is 13.2. The molecule has 1 N–H and O–H groups in total. The number of carbonyl (C=O) groups excluding carboxylic acids is 3. The third-order valence-corrected chi connectivity index (χ3v) is 6.92. The van der Waals surface area contributed by atoms with E-state index in [9.17, 15) is 19.5 Å². The van der Waals surface area contributed by atoms with Crippen LogP contribution in [0.1, 0.15) is 38.1 Å². The van der Waals surface area contributed by atoms with Crippen LogP contribution in [-0.4, -0.2) is 69.1 Å². The summed E-state index contributed by atoms with van der Waals surface area (Å²) in [5.41, 5.74) is 0.929. The second-order valence-corrected chi connectivity index (χ2v) is 8.98. The number of benzene rings is 1. The Kier molecular flexibility index (Phi) is 7.22. The van der Waals surface area contributed by atoms with E-state index in [-0.39, 0.29) is 5.57 Å². The van der Waals surface area contributed by atoms with Crippen molar-refractivity contribution >= 4 is 29.0 Å². The van der Waals surface area contributed by atoms with Crippen LogP contribution in [-0.2, 0) is 14.3 Å². The number of quaternary nitrogens is 1. The number of rotatable bonds is 8. The van der Waals surface area contributed by atoms with Crippen molar-refractivity contribution in [1.82, 2.24) is 4.90 Å². The van der Waals surface area contributed by atoms with E-state index in [1.807, 2.05) is 0 Å². The predicted molar refractivity (Wildman–Crippen MR) is 119 cm³/mol. The molecule has 8 nitrogen and oxygen atoms in total. The topological polar surface area (TPSA) is 100 Å². The third-order valence-electron chi connectivity index (χ3n) is 6.05. The maximum Gasteiger partial charge on any atom is 0.337 e. The predicted octanol–water partition coefficient (Wildman–Crippen LogP) is 0.221. The van der Waals surface area contributed by atoms with Crippen LogP contribution in [0.15, 0.2) is 53.1 Å². The van der Waals surface area contributed by atoms with Crippen LogP contribution < -0.4 is 10.0 Å². The van der Waals surface area contributed by atoms with Gasteiger partial charge in [0.2, 0.25) is 11.7 Å². The number of amides is 1. The summed E-state index contributed by atoms with van der Waals surface area (Å²) in [6, 6.07) is 9.11. The number of hydrogen-bond acceptors (Lipinski definition) is 7. The lowest BCUT2D eigenvalue weighted by atomic mass is 9.94. The molecule has 1 unspecified atom stereocenters. The van der Waals surface area contributed by atoms with Gasteiger partial charge in [0, 0.05) is 18.5 Å². The van der Waals surface area contributed by atoms with Gasteiger partial charge in [-0.1, -0.05) is 18.2 Å². The molecule has 2 aliphatic heterocycles. The molecule has 0 radical (unpaired) electrons. The fourth-order valence-corrected chi connectivity index (χ4v) is 4.99. The molecule has 0 bridgehead atoms. The normalized spacial score (nSPS) is 19.2. The van der Waals surface area contributed by atoms with Crippen LogP contribution in [0.2, 0.25) is 0 Å². The van der Waals surface area contributed by atoms with Crippen LogP contribution in [0.5, 0.6) is 0 Å². The number of hydrogen-bond donors (Lipinski definition) is 1. The van der Waals surface area contributed by atoms with Crippen LogP contribution in [0.4, 0.5) is 0 Å². The van der Waals surface area contributed by atoms with Gasteiger partial charge in [-0.15, -0.1) is 11.3 Å². The lowest BCUT2D eigenvalue weighted by Gasteiger charge is -2.29. The first-order valence-corrected chi connectivity index (χ1v) is 11.8.